The van der Waals surface area contributed by atoms with Crippen LogP contribution in [0.4, 0.5) is 14.6 Å². The quantitative estimate of drug-likeness (QED) is 0.864. The summed E-state index contributed by atoms with van der Waals surface area (Å²) in [5.41, 5.74) is 0.310. The number of hydrogen-bond acceptors (Lipinski definition) is 4. The highest BCUT2D eigenvalue weighted by molar-refractivity contribution is 5.82. The number of halogens is 2. The van der Waals surface area contributed by atoms with E-state index in [1.165, 1.54) is 18.5 Å². The van der Waals surface area contributed by atoms with Crippen LogP contribution in [-0.2, 0) is 11.3 Å². The average molecular weight is 304 g/mol. The lowest BCUT2D eigenvalue weighted by atomic mass is 10.1. The van der Waals surface area contributed by atoms with Gasteiger partial charge in [0.1, 0.15) is 23.8 Å². The summed E-state index contributed by atoms with van der Waals surface area (Å²) in [7, 11) is 0. The van der Waals surface area contributed by atoms with Crippen LogP contribution in [0.25, 0.3) is 0 Å². The molecule has 2 heterocycles. The zero-order valence-corrected chi connectivity index (χ0v) is 11.7. The number of nitrogens with zero attached hydrogens (tertiary/aromatic N) is 4. The van der Waals surface area contributed by atoms with Crippen molar-refractivity contribution in [2.24, 2.45) is 0 Å². The summed E-state index contributed by atoms with van der Waals surface area (Å²) in [5, 5.41) is 0. The predicted molar refractivity (Wildman–Crippen MR) is 76.0 cm³/mol. The highest BCUT2D eigenvalue weighted by Gasteiger charge is 2.25. The summed E-state index contributed by atoms with van der Waals surface area (Å²) in [6, 6.07) is 5.13. The smallest absolute Gasteiger partial charge is 0.242 e. The summed E-state index contributed by atoms with van der Waals surface area (Å²) in [5.74, 6) is -0.684. The fourth-order valence-corrected chi connectivity index (χ4v) is 2.40. The summed E-state index contributed by atoms with van der Waals surface area (Å²) in [6.45, 7) is 1.38. The molecule has 3 rings (SSSR count). The Balaban J connectivity index is 1.67. The van der Waals surface area contributed by atoms with E-state index in [1.807, 2.05) is 4.90 Å². The molecule has 0 saturated carbocycles. The Labute approximate surface area is 126 Å². The maximum atomic E-state index is 13.7. The molecule has 1 aliphatic heterocycles. The van der Waals surface area contributed by atoms with Crippen LogP contribution in [0.3, 0.4) is 0 Å². The molecule has 1 amide bonds. The summed E-state index contributed by atoms with van der Waals surface area (Å²) < 4.78 is 26.6. The average Bonchev–Trinajstić information content (AvgIpc) is 2.52. The Kier molecular flexibility index (Phi) is 3.95. The largest absolute Gasteiger partial charge is 0.345 e. The van der Waals surface area contributed by atoms with Gasteiger partial charge >= 0.3 is 0 Å². The molecule has 0 aliphatic carbocycles. The van der Waals surface area contributed by atoms with Gasteiger partial charge in [-0.3, -0.25) is 4.79 Å². The first-order chi connectivity index (χ1) is 10.6. The first-order valence-electron chi connectivity index (χ1n) is 6.86. The van der Waals surface area contributed by atoms with Crippen LogP contribution in [-0.4, -0.2) is 40.4 Å². The monoisotopic (exact) mass is 304 g/mol. The number of carbonyl (C=O) groups is 1. The van der Waals surface area contributed by atoms with Crippen molar-refractivity contribution in [3.8, 4) is 0 Å². The Bertz CT molecular complexity index is 680. The molecule has 114 valence electrons. The van der Waals surface area contributed by atoms with Crippen molar-refractivity contribution in [1.29, 1.82) is 0 Å². The normalized spacial score (nSPS) is 15.3. The molecule has 0 N–H and O–H groups in total. The van der Waals surface area contributed by atoms with Gasteiger partial charge in [0.05, 0.1) is 6.54 Å². The van der Waals surface area contributed by atoms with E-state index in [4.69, 9.17) is 0 Å². The molecule has 0 bridgehead atoms. The van der Waals surface area contributed by atoms with E-state index in [1.54, 1.807) is 17.2 Å². The van der Waals surface area contributed by atoms with E-state index in [9.17, 15) is 13.6 Å². The number of piperazine rings is 1. The molecule has 2 aromatic rings. The van der Waals surface area contributed by atoms with Crippen molar-refractivity contribution in [2.75, 3.05) is 24.5 Å². The minimum atomic E-state index is -0.633. The second kappa shape index (κ2) is 6.05. The molecule has 1 aromatic heterocycles. The minimum Gasteiger partial charge on any atom is -0.345 e. The molecule has 22 heavy (non-hydrogen) atoms. The Morgan fingerprint density at radius 3 is 2.73 bits per heavy atom. The second-order valence-corrected chi connectivity index (χ2v) is 5.04. The van der Waals surface area contributed by atoms with Gasteiger partial charge in [-0.05, 0) is 12.1 Å². The van der Waals surface area contributed by atoms with Gasteiger partial charge in [-0.2, -0.15) is 0 Å². The van der Waals surface area contributed by atoms with E-state index in [2.05, 4.69) is 9.97 Å². The molecule has 7 heteroatoms. The molecule has 0 atom stereocenters. The Morgan fingerprint density at radius 2 is 2.05 bits per heavy atom. The van der Waals surface area contributed by atoms with Crippen LogP contribution < -0.4 is 4.90 Å². The van der Waals surface area contributed by atoms with Crippen LogP contribution in [0.15, 0.2) is 36.8 Å². The van der Waals surface area contributed by atoms with Gasteiger partial charge < -0.3 is 9.80 Å². The molecule has 1 saturated heterocycles. The SMILES string of the molecule is O=C1CN(c2ccncn2)CCN1Cc1ccc(F)cc1F. The number of amides is 1. The number of carbonyl (C=O) groups excluding carboxylic acids is 1. The van der Waals surface area contributed by atoms with Gasteiger partial charge in [-0.15, -0.1) is 0 Å². The maximum Gasteiger partial charge on any atom is 0.242 e. The summed E-state index contributed by atoms with van der Waals surface area (Å²) in [6.07, 6.45) is 3.05. The third-order valence-electron chi connectivity index (χ3n) is 3.59. The fraction of sp³-hybridized carbons (Fsp3) is 0.267. The fourth-order valence-electron chi connectivity index (χ4n) is 2.40. The molecule has 5 nitrogen and oxygen atoms in total. The lowest BCUT2D eigenvalue weighted by molar-refractivity contribution is -0.131. The van der Waals surface area contributed by atoms with Crippen LogP contribution >= 0.6 is 0 Å². The molecular weight excluding hydrogens is 290 g/mol. The standard InChI is InChI=1S/C15H14F2N4O/c16-12-2-1-11(13(17)7-12)8-21-6-5-20(9-15(21)22)14-3-4-18-10-19-14/h1-4,7,10H,5-6,8-9H2. The molecular formula is C15H14F2N4O. The molecule has 1 aromatic carbocycles. The Hall–Kier alpha value is -2.57. The van der Waals surface area contributed by atoms with Crippen LogP contribution in [0.2, 0.25) is 0 Å². The third kappa shape index (κ3) is 3.03. The first kappa shape index (κ1) is 14.4. The predicted octanol–water partition coefficient (Wildman–Crippen LogP) is 1.60. The van der Waals surface area contributed by atoms with E-state index in [0.29, 0.717) is 24.5 Å². The maximum absolute atomic E-state index is 13.7. The highest BCUT2D eigenvalue weighted by atomic mass is 19.1. The van der Waals surface area contributed by atoms with Gasteiger partial charge in [0, 0.05) is 37.5 Å². The molecule has 0 unspecified atom stereocenters. The highest BCUT2D eigenvalue weighted by Crippen LogP contribution is 2.17. The number of hydrogen-bond donors (Lipinski definition) is 0. The van der Waals surface area contributed by atoms with E-state index in [-0.39, 0.29) is 19.0 Å². The lowest BCUT2D eigenvalue weighted by Gasteiger charge is -2.35. The molecule has 1 fully saturated rings. The van der Waals surface area contributed by atoms with Crippen molar-refractivity contribution in [3.05, 3.63) is 54.0 Å². The van der Waals surface area contributed by atoms with Gasteiger partial charge in [0.25, 0.3) is 0 Å². The van der Waals surface area contributed by atoms with Crippen molar-refractivity contribution in [2.45, 2.75) is 6.54 Å². The number of benzene rings is 1. The lowest BCUT2D eigenvalue weighted by Crippen LogP contribution is -2.50. The first-order valence-corrected chi connectivity index (χ1v) is 6.86. The second-order valence-electron chi connectivity index (χ2n) is 5.04. The van der Waals surface area contributed by atoms with Crippen LogP contribution in [0.1, 0.15) is 5.56 Å². The Morgan fingerprint density at radius 1 is 1.18 bits per heavy atom. The number of rotatable bonds is 3. The van der Waals surface area contributed by atoms with Crippen LogP contribution in [0.5, 0.6) is 0 Å². The van der Waals surface area contributed by atoms with Crippen molar-refractivity contribution in [3.63, 3.8) is 0 Å². The van der Waals surface area contributed by atoms with Crippen molar-refractivity contribution < 1.29 is 13.6 Å². The summed E-state index contributed by atoms with van der Waals surface area (Å²) in [4.78, 5) is 23.6. The van der Waals surface area contributed by atoms with E-state index in [0.717, 1.165) is 6.07 Å². The van der Waals surface area contributed by atoms with Crippen molar-refractivity contribution >= 4 is 11.7 Å². The third-order valence-corrected chi connectivity index (χ3v) is 3.59. The molecule has 1 aliphatic rings. The van der Waals surface area contributed by atoms with E-state index >= 15 is 0 Å². The van der Waals surface area contributed by atoms with Crippen LogP contribution in [0, 0.1) is 11.6 Å². The van der Waals surface area contributed by atoms with Crippen molar-refractivity contribution in [1.82, 2.24) is 14.9 Å². The number of aromatic nitrogens is 2. The molecule has 0 spiro atoms. The molecule has 0 radical (unpaired) electrons. The topological polar surface area (TPSA) is 49.3 Å². The minimum absolute atomic E-state index is 0.117. The van der Waals surface area contributed by atoms with Gasteiger partial charge in [-0.1, -0.05) is 6.07 Å². The van der Waals surface area contributed by atoms with Gasteiger partial charge in [-0.25, -0.2) is 18.7 Å². The zero-order valence-electron chi connectivity index (χ0n) is 11.7. The van der Waals surface area contributed by atoms with Gasteiger partial charge in [0.15, 0.2) is 0 Å². The van der Waals surface area contributed by atoms with Gasteiger partial charge in [0.2, 0.25) is 5.91 Å². The van der Waals surface area contributed by atoms with E-state index < -0.39 is 11.6 Å². The number of anilines is 1. The summed E-state index contributed by atoms with van der Waals surface area (Å²) >= 11 is 0. The zero-order chi connectivity index (χ0) is 15.5.